The molecule has 0 aromatic heterocycles. The number of hydrogen-bond acceptors (Lipinski definition) is 8. The zero-order valence-corrected chi connectivity index (χ0v) is 68.3. The van der Waals surface area contributed by atoms with Crippen LogP contribution in [-0.4, -0.2) is 198 Å². The van der Waals surface area contributed by atoms with E-state index in [1.807, 2.05) is 13.8 Å². The molecule has 6 saturated heterocycles. The Balaban J connectivity index is -0.000000981. The van der Waals surface area contributed by atoms with Crippen LogP contribution < -0.4 is 0 Å². The third kappa shape index (κ3) is 62.3. The lowest BCUT2D eigenvalue weighted by Gasteiger charge is -2.29. The number of nitrogens with zero attached hydrogens (tertiary/aromatic N) is 8. The van der Waals surface area contributed by atoms with Gasteiger partial charge in [-0.05, 0) is 306 Å². The quantitative estimate of drug-likeness (QED) is 0.180. The fourth-order valence-corrected chi connectivity index (χ4v) is 12.2. The van der Waals surface area contributed by atoms with Gasteiger partial charge in [0, 0.05) is 34.8 Å². The van der Waals surface area contributed by atoms with Crippen LogP contribution in [0.4, 0.5) is 0 Å². The van der Waals surface area contributed by atoms with Gasteiger partial charge < -0.3 is 39.2 Å². The first-order valence-corrected chi connectivity index (χ1v) is 37.7. The Hall–Kier alpha value is -0.320. The molecule has 6 rings (SSSR count). The molecule has 6 aliphatic heterocycles. The smallest absolute Gasteiger partial charge is 0.0394 e. The summed E-state index contributed by atoms with van der Waals surface area (Å²) < 4.78 is 21.3. The third-order valence-corrected chi connectivity index (χ3v) is 18.1. The molecule has 6 aliphatic rings. The van der Waals surface area contributed by atoms with Crippen molar-refractivity contribution in [3.63, 3.8) is 0 Å². The highest BCUT2D eigenvalue weighted by atomic mass is 15.2. The average molecular weight is 1270 g/mol. The van der Waals surface area contributed by atoms with Gasteiger partial charge in [-0.25, -0.2) is 0 Å². The first-order chi connectivity index (χ1) is 41.6. The number of rotatable bonds is 13. The summed E-state index contributed by atoms with van der Waals surface area (Å²) in [4.78, 5) is 19.0. The molecule has 0 aromatic carbocycles. The van der Waals surface area contributed by atoms with E-state index in [1.165, 1.54) is 205 Å². The molecule has 0 unspecified atom stereocenters. The Labute approximate surface area is 570 Å². The first kappa shape index (κ1) is 86.7. The van der Waals surface area contributed by atoms with Crippen LogP contribution in [0.1, 0.15) is 326 Å². The molecule has 0 spiro atoms. The van der Waals surface area contributed by atoms with E-state index in [0.717, 1.165) is 36.5 Å². The fraction of sp³-hybridized carbons (Fsp3) is 1.00. The topological polar surface area (TPSA) is 25.9 Å². The minimum absolute atomic E-state index is 0.208. The van der Waals surface area contributed by atoms with Crippen LogP contribution in [0.5, 0.6) is 0 Å². The molecular weight excluding hydrogens is 1080 g/mol. The molecule has 0 aromatic rings. The van der Waals surface area contributed by atoms with Crippen molar-refractivity contribution in [3.05, 3.63) is 0 Å². The zero-order valence-electron chi connectivity index (χ0n) is 71.3. The Kier molecular flexibility index (Phi) is 44.8. The normalized spacial score (nSPS) is 23.6. The van der Waals surface area contributed by atoms with E-state index >= 15 is 0 Å². The van der Waals surface area contributed by atoms with Gasteiger partial charge in [-0.2, -0.15) is 0 Å². The van der Waals surface area contributed by atoms with Crippen molar-refractivity contribution in [1.29, 1.82) is 0 Å². The van der Waals surface area contributed by atoms with Gasteiger partial charge in [0.1, 0.15) is 0 Å². The summed E-state index contributed by atoms with van der Waals surface area (Å²) in [5.41, 5.74) is 3.72. The number of likely N-dealkylation sites (tertiary alicyclic amines) is 6. The summed E-state index contributed by atoms with van der Waals surface area (Å²) in [6.07, 6.45) is 27.2. The fourth-order valence-electron chi connectivity index (χ4n) is 12.2. The van der Waals surface area contributed by atoms with Crippen LogP contribution in [0.25, 0.3) is 0 Å². The van der Waals surface area contributed by atoms with Crippen LogP contribution in [-0.2, 0) is 0 Å². The molecule has 540 valence electrons. The van der Waals surface area contributed by atoms with Gasteiger partial charge in [-0.15, -0.1) is 0 Å². The molecular formula is C81H176N8. The summed E-state index contributed by atoms with van der Waals surface area (Å²) in [5, 5.41) is 0. The minimum Gasteiger partial charge on any atom is -0.309 e. The summed E-state index contributed by atoms with van der Waals surface area (Å²) in [6, 6.07) is 3.39. The molecule has 0 bridgehead atoms. The van der Waals surface area contributed by atoms with Crippen molar-refractivity contribution in [2.24, 2.45) is 49.2 Å². The molecule has 8 heteroatoms. The van der Waals surface area contributed by atoms with Crippen LogP contribution >= 0.6 is 0 Å². The van der Waals surface area contributed by atoms with Crippen LogP contribution in [0.15, 0.2) is 0 Å². The number of hydrogen-bond donors (Lipinski definition) is 0. The summed E-state index contributed by atoms with van der Waals surface area (Å²) in [7, 11) is 12.6. The molecule has 6 fully saturated rings. The Morgan fingerprint density at radius 3 is 0.955 bits per heavy atom. The number of piperidine rings is 1. The van der Waals surface area contributed by atoms with Crippen LogP contribution in [0, 0.1) is 49.2 Å². The van der Waals surface area contributed by atoms with Crippen molar-refractivity contribution >= 4 is 0 Å². The van der Waals surface area contributed by atoms with Gasteiger partial charge in [0.15, 0.2) is 0 Å². The Morgan fingerprint density at radius 2 is 0.685 bits per heavy atom. The lowest BCUT2D eigenvalue weighted by atomic mass is 9.86. The lowest BCUT2D eigenvalue weighted by Crippen LogP contribution is -2.32. The summed E-state index contributed by atoms with van der Waals surface area (Å²) in [6.45, 7) is 78.2. The summed E-state index contributed by atoms with van der Waals surface area (Å²) >= 11 is 0. The standard InChI is InChI=1S/3C11H23N.3C10H21N.2C8H19N.C2H6/c1-9-6-10(12(5)8-9)7-11(2,3)4;1-10-6-5-8-12(10)9-7-11(2,3)4;1-11(2,3)7-10-12-8-5-4-6-9-12;2*1-10(2,3)8-9-6-5-7-11(9)4;1-10(2,3)6-9-11-7-4-5-8-11;2*1-8(2,3)6-7-9(4)5;1-2/h9-10H,6-8H2,1-5H3;10H,5-9H2,1-4H3;4-10H2,1-3H3;2*9H,5-8H2,1-4H3;4-9H2,1-3H3;2*6-7H2,1-5H3;1-2H3/t9-,10+;10-;;2*9-;;;;/m00.10..../s1/i;;;;;;4D3;;. The highest BCUT2D eigenvalue weighted by Crippen LogP contribution is 2.33. The molecule has 8 nitrogen and oxygen atoms in total. The third-order valence-electron chi connectivity index (χ3n) is 18.1. The van der Waals surface area contributed by atoms with Crippen LogP contribution in [0.3, 0.4) is 0 Å². The maximum absolute atomic E-state index is 7.10. The monoisotopic (exact) mass is 1260 g/mol. The van der Waals surface area contributed by atoms with E-state index < -0.39 is 6.98 Å². The molecule has 6 heterocycles. The molecule has 0 saturated carbocycles. The lowest BCUT2D eigenvalue weighted by molar-refractivity contribution is 0.196. The SMILES string of the molecule is CC.CC(C)(C)CCN1CCCC1.CC(C)(C)CCN1CCCCC1.CN(C)CCC(C)(C)C.CN1CCC[C@@H]1CC(C)(C)C.CN1CCC[C@H]1CC(C)(C)C.C[C@H]1CCCN1CCC(C)(C)C.C[C@H]1C[C@H](CC(C)(C)C)N(C)C1.[2H]C([2H])([2H])N(C)CCC(C)(C)C. The predicted octanol–water partition coefficient (Wildman–Crippen LogP) is 21.1. The van der Waals surface area contributed by atoms with E-state index in [9.17, 15) is 0 Å². The maximum atomic E-state index is 7.10. The molecule has 0 radical (unpaired) electrons. The molecule has 0 aliphatic carbocycles. The highest BCUT2D eigenvalue weighted by molar-refractivity contribution is 4.85. The van der Waals surface area contributed by atoms with Gasteiger partial charge in [-0.3, -0.25) is 0 Å². The second kappa shape index (κ2) is 46.0. The van der Waals surface area contributed by atoms with Gasteiger partial charge >= 0.3 is 0 Å². The van der Waals surface area contributed by atoms with Gasteiger partial charge in [-0.1, -0.05) is 193 Å². The van der Waals surface area contributed by atoms with Crippen molar-refractivity contribution in [1.82, 2.24) is 39.2 Å². The largest absolute Gasteiger partial charge is 0.309 e. The maximum Gasteiger partial charge on any atom is 0.0394 e. The first-order valence-electron chi connectivity index (χ1n) is 39.2. The molecule has 89 heavy (non-hydrogen) atoms. The minimum atomic E-state index is -1.94. The van der Waals surface area contributed by atoms with Crippen LogP contribution in [0.2, 0.25) is 0 Å². The van der Waals surface area contributed by atoms with Crippen molar-refractivity contribution in [3.8, 4) is 0 Å². The van der Waals surface area contributed by atoms with Crippen molar-refractivity contribution in [2.75, 3.05) is 134 Å². The molecule has 0 N–H and O–H groups in total. The van der Waals surface area contributed by atoms with Crippen molar-refractivity contribution < 1.29 is 4.11 Å². The highest BCUT2D eigenvalue weighted by Gasteiger charge is 2.31. The van der Waals surface area contributed by atoms with Crippen molar-refractivity contribution in [2.45, 2.75) is 346 Å². The zero-order chi connectivity index (χ0) is 72.3. The second-order valence-corrected chi connectivity index (χ2v) is 39.0. The Morgan fingerprint density at radius 1 is 0.360 bits per heavy atom. The second-order valence-electron chi connectivity index (χ2n) is 39.0. The molecule has 5 atom stereocenters. The average Bonchev–Trinajstić information content (AvgIpc) is 2.42. The Bertz CT molecular complexity index is 1670. The van der Waals surface area contributed by atoms with E-state index in [-0.39, 0.29) is 5.41 Å². The molecule has 0 amide bonds. The predicted molar refractivity (Wildman–Crippen MR) is 409 cm³/mol. The van der Waals surface area contributed by atoms with Gasteiger partial charge in [0.05, 0.1) is 0 Å². The van der Waals surface area contributed by atoms with E-state index in [1.54, 1.807) is 7.05 Å². The van der Waals surface area contributed by atoms with E-state index in [0.29, 0.717) is 44.4 Å². The van der Waals surface area contributed by atoms with E-state index in [4.69, 9.17) is 4.11 Å². The van der Waals surface area contributed by atoms with E-state index in [2.05, 4.69) is 250 Å². The van der Waals surface area contributed by atoms with Gasteiger partial charge in [0.2, 0.25) is 0 Å². The summed E-state index contributed by atoms with van der Waals surface area (Å²) in [5.74, 6) is 0.905. The van der Waals surface area contributed by atoms with Gasteiger partial charge in [0.25, 0.3) is 0 Å².